The topological polar surface area (TPSA) is 57.5 Å². The van der Waals surface area contributed by atoms with Crippen LogP contribution in [0.5, 0.6) is 5.75 Å². The lowest BCUT2D eigenvalue weighted by Gasteiger charge is -2.24. The Balaban J connectivity index is 2.30. The molecule has 2 aromatic carbocycles. The molecule has 0 aromatic heterocycles. The molecule has 0 radical (unpaired) electrons. The lowest BCUT2D eigenvalue weighted by atomic mass is 10.1. The lowest BCUT2D eigenvalue weighted by Crippen LogP contribution is -1.99. The molecular weight excluding hydrogens is 274 g/mol. The van der Waals surface area contributed by atoms with Gasteiger partial charge in [0.15, 0.2) is 0 Å². The monoisotopic (exact) mass is 290 g/mol. The number of sulfonamides is 1. The van der Waals surface area contributed by atoms with E-state index in [9.17, 15) is 8.42 Å². The van der Waals surface area contributed by atoms with E-state index in [0.717, 1.165) is 12.0 Å². The Morgan fingerprint density at radius 3 is 2.30 bits per heavy atom. The van der Waals surface area contributed by atoms with Gasteiger partial charge in [-0.2, -0.15) is 0 Å². The van der Waals surface area contributed by atoms with Crippen LogP contribution in [0.4, 0.5) is 5.69 Å². The molecule has 0 fully saturated rings. The van der Waals surface area contributed by atoms with E-state index in [2.05, 4.69) is 4.72 Å². The van der Waals surface area contributed by atoms with Crippen LogP contribution in [0, 0.1) is 0 Å². The van der Waals surface area contributed by atoms with Crippen molar-refractivity contribution in [2.24, 2.45) is 0 Å². The molecule has 0 amide bonds. The summed E-state index contributed by atoms with van der Waals surface area (Å²) in [6.45, 7) is 1.97. The maximum atomic E-state index is 12.3. The Bertz CT molecular complexity index is 679. The van der Waals surface area contributed by atoms with Gasteiger partial charge in [0, 0.05) is 0 Å². The highest BCUT2D eigenvalue weighted by molar-refractivity contribution is 7.94. The Morgan fingerprint density at radius 1 is 1.05 bits per heavy atom. The van der Waals surface area contributed by atoms with Crippen LogP contribution >= 0.6 is 0 Å². The van der Waals surface area contributed by atoms with Crippen LogP contribution in [0.1, 0.15) is 12.5 Å². The van der Waals surface area contributed by atoms with Gasteiger partial charge in [0.2, 0.25) is 0 Å². The first-order valence-electron chi connectivity index (χ1n) is 6.27. The average molecular weight is 290 g/mol. The average Bonchev–Trinajstić information content (AvgIpc) is 2.47. The van der Waals surface area contributed by atoms with Crippen LogP contribution in [-0.4, -0.2) is 15.5 Å². The molecule has 0 aliphatic heterocycles. The zero-order valence-electron chi connectivity index (χ0n) is 11.4. The summed E-state index contributed by atoms with van der Waals surface area (Å²) in [6, 6.07) is 13.4. The van der Waals surface area contributed by atoms with Gasteiger partial charge in [-0.1, -0.05) is 36.8 Å². The molecule has 4 nitrogen and oxygen atoms in total. The summed E-state index contributed by atoms with van der Waals surface area (Å²) in [5.41, 5.74) is 1.40. The summed E-state index contributed by atoms with van der Waals surface area (Å²) >= 11 is 0. The van der Waals surface area contributed by atoms with Gasteiger partial charge in [0.25, 0.3) is 0 Å². The largest absolute Gasteiger partial charge is 0.572 e. The first kappa shape index (κ1) is 14.4. The van der Waals surface area contributed by atoms with E-state index in [4.69, 9.17) is 4.74 Å². The molecular formula is C15H16NO3S-. The third kappa shape index (κ3) is 3.11. The molecule has 106 valence electrons. The van der Waals surface area contributed by atoms with Crippen LogP contribution < -0.4 is 4.74 Å². The van der Waals surface area contributed by atoms with Crippen LogP contribution in [0.2, 0.25) is 0 Å². The number of hydrogen-bond acceptors (Lipinski definition) is 3. The normalized spacial score (nSPS) is 11.1. The number of ether oxygens (including phenoxy) is 1. The molecule has 0 heterocycles. The highest BCUT2D eigenvalue weighted by Crippen LogP contribution is 2.31. The van der Waals surface area contributed by atoms with E-state index < -0.39 is 10.0 Å². The molecule has 0 aliphatic carbocycles. The number of hydrogen-bond donors (Lipinski definition) is 0. The van der Waals surface area contributed by atoms with E-state index in [1.54, 1.807) is 24.3 Å². The predicted octanol–water partition coefficient (Wildman–Crippen LogP) is 3.65. The van der Waals surface area contributed by atoms with Crippen molar-refractivity contribution in [2.75, 3.05) is 7.11 Å². The molecule has 0 unspecified atom stereocenters. The molecule has 0 bridgehead atoms. The summed E-state index contributed by atoms with van der Waals surface area (Å²) in [4.78, 5) is 0.157. The molecule has 0 saturated heterocycles. The molecule has 0 N–H and O–H groups in total. The van der Waals surface area contributed by atoms with Crippen LogP contribution in [0.3, 0.4) is 0 Å². The summed E-state index contributed by atoms with van der Waals surface area (Å²) in [6.07, 6.45) is 0.734. The molecule has 5 heteroatoms. The third-order valence-corrected chi connectivity index (χ3v) is 4.25. The fourth-order valence-electron chi connectivity index (χ4n) is 1.83. The fourth-order valence-corrected chi connectivity index (χ4v) is 2.85. The first-order chi connectivity index (χ1) is 9.56. The van der Waals surface area contributed by atoms with Gasteiger partial charge in [-0.05, 0) is 30.7 Å². The van der Waals surface area contributed by atoms with Gasteiger partial charge in [-0.3, -0.25) is 0 Å². The fraction of sp³-hybridized carbons (Fsp3) is 0.200. The van der Waals surface area contributed by atoms with Crippen molar-refractivity contribution in [3.63, 3.8) is 0 Å². The quantitative estimate of drug-likeness (QED) is 0.844. The van der Waals surface area contributed by atoms with Gasteiger partial charge in [-0.15, -0.1) is 5.69 Å². The Morgan fingerprint density at radius 2 is 1.70 bits per heavy atom. The second-order valence-electron chi connectivity index (χ2n) is 4.22. The van der Waals surface area contributed by atoms with Gasteiger partial charge in [0.05, 0.1) is 12.0 Å². The van der Waals surface area contributed by atoms with E-state index in [0.29, 0.717) is 11.4 Å². The lowest BCUT2D eigenvalue weighted by molar-refractivity contribution is 0.414. The van der Waals surface area contributed by atoms with E-state index >= 15 is 0 Å². The summed E-state index contributed by atoms with van der Waals surface area (Å²) < 4.78 is 33.5. The van der Waals surface area contributed by atoms with Gasteiger partial charge in [0.1, 0.15) is 15.8 Å². The molecule has 2 aromatic rings. The predicted molar refractivity (Wildman–Crippen MR) is 79.0 cm³/mol. The summed E-state index contributed by atoms with van der Waals surface area (Å²) in [5, 5.41) is 0. The number of benzene rings is 2. The minimum absolute atomic E-state index is 0.157. The molecule has 2 rings (SSSR count). The van der Waals surface area contributed by atoms with E-state index in [1.807, 2.05) is 19.1 Å². The first-order valence-corrected chi connectivity index (χ1v) is 7.71. The van der Waals surface area contributed by atoms with Crippen molar-refractivity contribution < 1.29 is 13.2 Å². The summed E-state index contributed by atoms with van der Waals surface area (Å²) in [7, 11) is -2.17. The van der Waals surface area contributed by atoms with Gasteiger partial charge >= 0.3 is 0 Å². The highest BCUT2D eigenvalue weighted by Gasteiger charge is 2.06. The minimum Gasteiger partial charge on any atom is -0.572 e. The number of nitrogens with zero attached hydrogens (tertiary/aromatic N) is 1. The van der Waals surface area contributed by atoms with Crippen molar-refractivity contribution in [3.05, 3.63) is 58.8 Å². The van der Waals surface area contributed by atoms with E-state index in [-0.39, 0.29) is 4.90 Å². The minimum atomic E-state index is -3.70. The molecule has 0 atom stereocenters. The van der Waals surface area contributed by atoms with Crippen molar-refractivity contribution in [1.82, 2.24) is 0 Å². The standard InChI is InChI=1S/C15H16NO3S/c1-3-12-6-4-5-7-15(12)16-20(17,18)14-10-8-13(19-2)9-11-14/h4-11H,3H2,1-2H3/q-1. The second kappa shape index (κ2) is 5.96. The molecule has 0 saturated carbocycles. The number of methoxy groups -OCH3 is 1. The maximum absolute atomic E-state index is 12.3. The van der Waals surface area contributed by atoms with Crippen molar-refractivity contribution in [3.8, 4) is 5.75 Å². The highest BCUT2D eigenvalue weighted by atomic mass is 32.2. The zero-order valence-corrected chi connectivity index (χ0v) is 12.2. The Kier molecular flexibility index (Phi) is 4.29. The Labute approximate surface area is 119 Å². The molecule has 0 spiro atoms. The second-order valence-corrected chi connectivity index (χ2v) is 5.83. The SMILES string of the molecule is CCc1ccccc1[N-]S(=O)(=O)c1ccc(OC)cc1. The van der Waals surface area contributed by atoms with Crippen LogP contribution in [-0.2, 0) is 16.4 Å². The third-order valence-electron chi connectivity index (χ3n) is 2.95. The molecule has 20 heavy (non-hydrogen) atoms. The van der Waals surface area contributed by atoms with Crippen molar-refractivity contribution >= 4 is 15.7 Å². The van der Waals surface area contributed by atoms with Crippen molar-refractivity contribution in [1.29, 1.82) is 0 Å². The van der Waals surface area contributed by atoms with Gasteiger partial charge < -0.3 is 9.46 Å². The zero-order chi connectivity index (χ0) is 14.6. The number of rotatable bonds is 5. The summed E-state index contributed by atoms with van der Waals surface area (Å²) in [5.74, 6) is 0.609. The maximum Gasteiger partial charge on any atom is 0.123 e. The van der Waals surface area contributed by atoms with E-state index in [1.165, 1.54) is 19.2 Å². The Hall–Kier alpha value is -2.01. The smallest absolute Gasteiger partial charge is 0.123 e. The van der Waals surface area contributed by atoms with Crippen LogP contribution in [0.15, 0.2) is 53.4 Å². The number of aryl methyl sites for hydroxylation is 1. The molecule has 0 aliphatic rings. The van der Waals surface area contributed by atoms with Gasteiger partial charge in [-0.25, -0.2) is 8.42 Å². The van der Waals surface area contributed by atoms with Crippen molar-refractivity contribution in [2.45, 2.75) is 18.2 Å². The van der Waals surface area contributed by atoms with Crippen LogP contribution in [0.25, 0.3) is 4.72 Å².